The molecule has 0 aromatic heterocycles. The average molecular weight is 405 g/mol. The van der Waals surface area contributed by atoms with Crippen LogP contribution in [0.15, 0.2) is 54.6 Å². The van der Waals surface area contributed by atoms with Gasteiger partial charge in [0.25, 0.3) is 0 Å². The van der Waals surface area contributed by atoms with Crippen LogP contribution >= 0.6 is 0 Å². The Bertz CT molecular complexity index is 922. The topological polar surface area (TPSA) is 63.7 Å². The summed E-state index contributed by atoms with van der Waals surface area (Å²) >= 11 is 0. The first-order valence-electron chi connectivity index (χ1n) is 10.8. The number of nitrogens with zero attached hydrogens (tertiary/aromatic N) is 1. The predicted octanol–water partition coefficient (Wildman–Crippen LogP) is 4.72. The minimum atomic E-state index is -0.381. The number of rotatable bonds is 6. The van der Waals surface area contributed by atoms with Crippen LogP contribution in [0.2, 0.25) is 0 Å². The Hall–Kier alpha value is -2.95. The maximum atomic E-state index is 13.1. The van der Waals surface area contributed by atoms with Crippen molar-refractivity contribution in [3.8, 4) is 0 Å². The largest absolute Gasteiger partial charge is 0.462 e. The number of anilines is 1. The lowest BCUT2D eigenvalue weighted by Gasteiger charge is -2.28. The molecule has 1 aliphatic heterocycles. The minimum Gasteiger partial charge on any atom is -0.462 e. The van der Waals surface area contributed by atoms with Crippen molar-refractivity contribution in [3.63, 3.8) is 0 Å². The van der Waals surface area contributed by atoms with Crippen LogP contribution in [0.25, 0.3) is 0 Å². The molecule has 2 aromatic carbocycles. The molecule has 5 nitrogen and oxygen atoms in total. The highest BCUT2D eigenvalue weighted by molar-refractivity contribution is 6.22. The molecule has 5 heteroatoms. The molecule has 156 valence electrons. The lowest BCUT2D eigenvalue weighted by molar-refractivity contribution is -0.122. The summed E-state index contributed by atoms with van der Waals surface area (Å²) in [6, 6.07) is 16.8. The summed E-state index contributed by atoms with van der Waals surface area (Å²) in [5.74, 6) is -0.817. The number of carbonyl (C=O) groups excluding carboxylic acids is 3. The minimum absolute atomic E-state index is 0.116. The lowest BCUT2D eigenvalue weighted by atomic mass is 9.73. The summed E-state index contributed by atoms with van der Waals surface area (Å²) in [6.07, 6.45) is 4.14. The number of esters is 1. The van der Waals surface area contributed by atoms with Crippen LogP contribution in [0.4, 0.5) is 5.69 Å². The summed E-state index contributed by atoms with van der Waals surface area (Å²) in [5, 5.41) is 0. The second-order valence-electron chi connectivity index (χ2n) is 8.18. The fourth-order valence-corrected chi connectivity index (χ4v) is 4.60. The van der Waals surface area contributed by atoms with Crippen molar-refractivity contribution in [3.05, 3.63) is 65.7 Å². The van der Waals surface area contributed by atoms with Crippen LogP contribution in [0.5, 0.6) is 0 Å². The fraction of sp³-hybridized carbons (Fsp3) is 0.400. The molecular weight excluding hydrogens is 378 g/mol. The van der Waals surface area contributed by atoms with Crippen molar-refractivity contribution in [2.75, 3.05) is 11.5 Å². The summed E-state index contributed by atoms with van der Waals surface area (Å²) in [4.78, 5) is 39.5. The highest BCUT2D eigenvalue weighted by Gasteiger charge is 2.50. The zero-order chi connectivity index (χ0) is 21.1. The van der Waals surface area contributed by atoms with E-state index in [1.165, 1.54) is 10.5 Å². The Kier molecular flexibility index (Phi) is 5.98. The van der Waals surface area contributed by atoms with Gasteiger partial charge in [-0.2, -0.15) is 0 Å². The van der Waals surface area contributed by atoms with E-state index in [0.717, 1.165) is 25.7 Å². The molecule has 0 radical (unpaired) electrons. The van der Waals surface area contributed by atoms with Crippen molar-refractivity contribution in [2.24, 2.45) is 11.8 Å². The van der Waals surface area contributed by atoms with Crippen LogP contribution in [0.1, 0.15) is 60.9 Å². The van der Waals surface area contributed by atoms with Crippen LogP contribution in [-0.2, 0) is 14.3 Å². The number of unbranched alkanes of at least 4 members (excludes halogenated alkanes) is 1. The number of fused-ring (bicyclic) bond motifs is 1. The standard InChI is InChI=1S/C25H27NO4/c1-2-3-15-30-25(29)18-9-12-20(13-10-18)26-23(27)21-14-11-19(16-22(21)24(26)28)17-7-5-4-6-8-17/h4-10,12-13,19,21-22H,2-3,11,14-16H2,1H3. The van der Waals surface area contributed by atoms with E-state index >= 15 is 0 Å². The Balaban J connectivity index is 1.47. The first kappa shape index (κ1) is 20.3. The second kappa shape index (κ2) is 8.82. The molecule has 0 N–H and O–H groups in total. The van der Waals surface area contributed by atoms with Gasteiger partial charge in [-0.15, -0.1) is 0 Å². The first-order chi connectivity index (χ1) is 14.6. The number of hydrogen-bond acceptors (Lipinski definition) is 4. The van der Waals surface area contributed by atoms with Gasteiger partial charge in [-0.05, 0) is 61.4 Å². The third-order valence-corrected chi connectivity index (χ3v) is 6.29. The van der Waals surface area contributed by atoms with Gasteiger partial charge in [0.1, 0.15) is 0 Å². The third kappa shape index (κ3) is 3.89. The molecule has 2 amide bonds. The molecule has 2 aromatic rings. The highest BCUT2D eigenvalue weighted by Crippen LogP contribution is 2.45. The van der Waals surface area contributed by atoms with Gasteiger partial charge < -0.3 is 4.74 Å². The molecule has 4 rings (SSSR count). The molecule has 2 fully saturated rings. The third-order valence-electron chi connectivity index (χ3n) is 6.29. The molecule has 30 heavy (non-hydrogen) atoms. The molecular formula is C25H27NO4. The van der Waals surface area contributed by atoms with E-state index in [4.69, 9.17) is 4.74 Å². The zero-order valence-electron chi connectivity index (χ0n) is 17.3. The molecule has 0 bridgehead atoms. The van der Waals surface area contributed by atoms with Crippen molar-refractivity contribution >= 4 is 23.5 Å². The fourth-order valence-electron chi connectivity index (χ4n) is 4.60. The molecule has 1 heterocycles. The normalized spacial score (nSPS) is 23.4. The number of imide groups is 1. The van der Waals surface area contributed by atoms with E-state index in [1.807, 2.05) is 25.1 Å². The van der Waals surface area contributed by atoms with Crippen LogP contribution in [0, 0.1) is 11.8 Å². The van der Waals surface area contributed by atoms with Crippen LogP contribution in [0.3, 0.4) is 0 Å². The first-order valence-corrected chi connectivity index (χ1v) is 10.8. The number of benzene rings is 2. The summed E-state index contributed by atoms with van der Waals surface area (Å²) < 4.78 is 5.22. The van der Waals surface area contributed by atoms with Crippen LogP contribution < -0.4 is 4.90 Å². The summed E-state index contributed by atoms with van der Waals surface area (Å²) in [5.41, 5.74) is 2.19. The Labute approximate surface area is 177 Å². The Morgan fingerprint density at radius 3 is 2.37 bits per heavy atom. The van der Waals surface area contributed by atoms with Gasteiger partial charge in [0.2, 0.25) is 11.8 Å². The van der Waals surface area contributed by atoms with Crippen LogP contribution in [-0.4, -0.2) is 24.4 Å². The van der Waals surface area contributed by atoms with E-state index in [-0.39, 0.29) is 29.6 Å². The smallest absolute Gasteiger partial charge is 0.338 e. The summed E-state index contributed by atoms with van der Waals surface area (Å²) in [6.45, 7) is 2.43. The van der Waals surface area contributed by atoms with E-state index in [0.29, 0.717) is 30.2 Å². The van der Waals surface area contributed by atoms with Gasteiger partial charge in [0, 0.05) is 0 Å². The van der Waals surface area contributed by atoms with Gasteiger partial charge >= 0.3 is 5.97 Å². The predicted molar refractivity (Wildman–Crippen MR) is 114 cm³/mol. The SMILES string of the molecule is CCCCOC(=O)c1ccc(N2C(=O)C3CCC(c4ccccc4)CC3C2=O)cc1. The number of ether oxygens (including phenoxy) is 1. The average Bonchev–Trinajstić information content (AvgIpc) is 3.04. The van der Waals surface area contributed by atoms with Crippen molar-refractivity contribution < 1.29 is 19.1 Å². The maximum absolute atomic E-state index is 13.1. The molecule has 3 atom stereocenters. The van der Waals surface area contributed by atoms with Crippen molar-refractivity contribution in [2.45, 2.75) is 44.9 Å². The van der Waals surface area contributed by atoms with Gasteiger partial charge in [-0.3, -0.25) is 14.5 Å². The second-order valence-corrected chi connectivity index (χ2v) is 8.18. The number of carbonyl (C=O) groups is 3. The molecule has 1 aliphatic carbocycles. The quantitative estimate of drug-likeness (QED) is 0.396. The number of hydrogen-bond donors (Lipinski definition) is 0. The van der Waals surface area contributed by atoms with E-state index < -0.39 is 0 Å². The molecule has 0 spiro atoms. The van der Waals surface area contributed by atoms with Gasteiger partial charge in [0.05, 0.1) is 29.7 Å². The van der Waals surface area contributed by atoms with E-state index in [9.17, 15) is 14.4 Å². The maximum Gasteiger partial charge on any atom is 0.338 e. The Morgan fingerprint density at radius 2 is 1.67 bits per heavy atom. The summed E-state index contributed by atoms with van der Waals surface area (Å²) in [7, 11) is 0. The van der Waals surface area contributed by atoms with E-state index in [2.05, 4.69) is 12.1 Å². The van der Waals surface area contributed by atoms with Gasteiger partial charge in [-0.1, -0.05) is 43.7 Å². The molecule has 1 saturated carbocycles. The van der Waals surface area contributed by atoms with E-state index in [1.54, 1.807) is 24.3 Å². The molecule has 3 unspecified atom stereocenters. The Morgan fingerprint density at radius 1 is 0.967 bits per heavy atom. The number of amides is 2. The van der Waals surface area contributed by atoms with Gasteiger partial charge in [-0.25, -0.2) is 4.79 Å². The van der Waals surface area contributed by atoms with Crippen molar-refractivity contribution in [1.82, 2.24) is 0 Å². The van der Waals surface area contributed by atoms with Gasteiger partial charge in [0.15, 0.2) is 0 Å². The van der Waals surface area contributed by atoms with Crippen molar-refractivity contribution in [1.29, 1.82) is 0 Å². The molecule has 2 aliphatic rings. The molecule has 1 saturated heterocycles. The highest BCUT2D eigenvalue weighted by atomic mass is 16.5. The zero-order valence-corrected chi connectivity index (χ0v) is 17.3. The monoisotopic (exact) mass is 405 g/mol. The lowest BCUT2D eigenvalue weighted by Crippen LogP contribution is -2.30.